The van der Waals surface area contributed by atoms with Gasteiger partial charge in [-0.25, -0.2) is 12.8 Å². The van der Waals surface area contributed by atoms with Crippen LogP contribution in [0.5, 0.6) is 0 Å². The molecule has 5 nitrogen and oxygen atoms in total. The van der Waals surface area contributed by atoms with E-state index in [-0.39, 0.29) is 23.2 Å². The Kier molecular flexibility index (Phi) is 3.56. The highest BCUT2D eigenvalue weighted by atomic mass is 32.2. The Hall–Kier alpha value is -1.18. The van der Waals surface area contributed by atoms with Gasteiger partial charge in [-0.2, -0.15) is 4.31 Å². The number of hydrogen-bond acceptors (Lipinski definition) is 4. The Morgan fingerprint density at radius 2 is 2.22 bits per heavy atom. The number of nitrogen functional groups attached to an aromatic ring is 1. The van der Waals surface area contributed by atoms with E-state index in [2.05, 4.69) is 0 Å². The second kappa shape index (κ2) is 4.83. The summed E-state index contributed by atoms with van der Waals surface area (Å²) in [5.74, 6) is -0.622. The number of benzene rings is 1. The van der Waals surface area contributed by atoms with E-state index in [4.69, 9.17) is 10.5 Å². The third-order valence-corrected chi connectivity index (χ3v) is 4.94. The summed E-state index contributed by atoms with van der Waals surface area (Å²) in [4.78, 5) is -0.184. The molecule has 2 N–H and O–H groups in total. The third-order valence-electron chi connectivity index (χ3n) is 2.87. The first kappa shape index (κ1) is 13.3. The van der Waals surface area contributed by atoms with Crippen molar-refractivity contribution >= 4 is 15.7 Å². The van der Waals surface area contributed by atoms with Crippen molar-refractivity contribution in [3.05, 3.63) is 24.0 Å². The van der Waals surface area contributed by atoms with Crippen molar-refractivity contribution < 1.29 is 17.5 Å². The summed E-state index contributed by atoms with van der Waals surface area (Å²) >= 11 is 0. The lowest BCUT2D eigenvalue weighted by atomic mass is 10.3. The molecule has 100 valence electrons. The lowest BCUT2D eigenvalue weighted by molar-refractivity contribution is 0.0393. The molecule has 7 heteroatoms. The van der Waals surface area contributed by atoms with Gasteiger partial charge in [0.25, 0.3) is 0 Å². The van der Waals surface area contributed by atoms with Gasteiger partial charge in [-0.1, -0.05) is 0 Å². The average Bonchev–Trinajstić information content (AvgIpc) is 2.32. The first-order chi connectivity index (χ1) is 8.43. The minimum Gasteiger partial charge on any atom is -0.398 e. The molecule has 0 aromatic heterocycles. The van der Waals surface area contributed by atoms with E-state index in [0.29, 0.717) is 13.2 Å². The number of morpholine rings is 1. The van der Waals surface area contributed by atoms with Gasteiger partial charge in [0, 0.05) is 12.6 Å². The Balaban J connectivity index is 2.44. The van der Waals surface area contributed by atoms with Crippen molar-refractivity contribution in [2.45, 2.75) is 17.9 Å². The van der Waals surface area contributed by atoms with Crippen molar-refractivity contribution in [2.24, 2.45) is 0 Å². The third kappa shape index (κ3) is 2.33. The van der Waals surface area contributed by atoms with E-state index >= 15 is 0 Å². The first-order valence-electron chi connectivity index (χ1n) is 5.57. The zero-order valence-corrected chi connectivity index (χ0v) is 10.8. The van der Waals surface area contributed by atoms with Crippen molar-refractivity contribution in [3.8, 4) is 0 Å². The molecule has 1 fully saturated rings. The minimum atomic E-state index is -3.78. The fourth-order valence-electron chi connectivity index (χ4n) is 1.93. The maximum atomic E-state index is 13.2. The summed E-state index contributed by atoms with van der Waals surface area (Å²) in [6.45, 7) is 2.65. The molecule has 0 spiro atoms. The highest BCUT2D eigenvalue weighted by molar-refractivity contribution is 7.89. The molecular formula is C11H15FN2O3S. The molecular weight excluding hydrogens is 259 g/mol. The Morgan fingerprint density at radius 3 is 2.89 bits per heavy atom. The van der Waals surface area contributed by atoms with Gasteiger partial charge < -0.3 is 10.5 Å². The Bertz CT molecular complexity index is 547. The van der Waals surface area contributed by atoms with E-state index in [0.717, 1.165) is 12.1 Å². The summed E-state index contributed by atoms with van der Waals surface area (Å²) in [6, 6.07) is 3.06. The van der Waals surface area contributed by atoms with Gasteiger partial charge in [0.1, 0.15) is 10.7 Å². The SMILES string of the molecule is C[C@@H]1COCCN1S(=O)(=O)c1cc(F)ccc1N. The standard InChI is InChI=1S/C11H15FN2O3S/c1-8-7-17-5-4-14(8)18(15,16)11-6-9(12)2-3-10(11)13/h2-3,6,8H,4-5,7,13H2,1H3/t8-/m1/s1. The zero-order valence-electron chi connectivity index (χ0n) is 9.97. The molecule has 18 heavy (non-hydrogen) atoms. The number of halogens is 1. The first-order valence-corrected chi connectivity index (χ1v) is 7.01. The molecule has 1 aromatic rings. The molecule has 1 aliphatic heterocycles. The van der Waals surface area contributed by atoms with Crippen LogP contribution in [0.25, 0.3) is 0 Å². The van der Waals surface area contributed by atoms with E-state index in [1.165, 1.54) is 10.4 Å². The average molecular weight is 274 g/mol. The van der Waals surface area contributed by atoms with Gasteiger partial charge >= 0.3 is 0 Å². The second-order valence-corrected chi connectivity index (χ2v) is 6.08. The number of sulfonamides is 1. The van der Waals surface area contributed by atoms with Crippen LogP contribution in [0.4, 0.5) is 10.1 Å². The fraction of sp³-hybridized carbons (Fsp3) is 0.455. The normalized spacial score (nSPS) is 22.0. The fourth-order valence-corrected chi connectivity index (χ4v) is 3.66. The van der Waals surface area contributed by atoms with Crippen LogP contribution in [0.15, 0.2) is 23.1 Å². The molecule has 0 unspecified atom stereocenters. The van der Waals surface area contributed by atoms with Crippen LogP contribution in [-0.2, 0) is 14.8 Å². The van der Waals surface area contributed by atoms with Gasteiger partial charge in [0.05, 0.1) is 18.9 Å². The molecule has 1 aromatic carbocycles. The van der Waals surface area contributed by atoms with Crippen molar-refractivity contribution in [3.63, 3.8) is 0 Å². The molecule has 1 saturated heterocycles. The van der Waals surface area contributed by atoms with Crippen LogP contribution in [0.2, 0.25) is 0 Å². The Morgan fingerprint density at radius 1 is 1.50 bits per heavy atom. The van der Waals surface area contributed by atoms with Crippen molar-refractivity contribution in [2.75, 3.05) is 25.5 Å². The predicted octanol–water partition coefficient (Wildman–Crippen LogP) is 0.817. The maximum Gasteiger partial charge on any atom is 0.245 e. The molecule has 0 aliphatic carbocycles. The Labute approximate surface area is 105 Å². The van der Waals surface area contributed by atoms with E-state index in [9.17, 15) is 12.8 Å². The van der Waals surface area contributed by atoms with Crippen molar-refractivity contribution in [1.82, 2.24) is 4.31 Å². The highest BCUT2D eigenvalue weighted by Gasteiger charge is 2.32. The molecule has 1 heterocycles. The lowest BCUT2D eigenvalue weighted by Gasteiger charge is -2.32. The van der Waals surface area contributed by atoms with Crippen LogP contribution in [0.3, 0.4) is 0 Å². The highest BCUT2D eigenvalue weighted by Crippen LogP contribution is 2.25. The van der Waals surface area contributed by atoms with Crippen molar-refractivity contribution in [1.29, 1.82) is 0 Å². The number of nitrogens with zero attached hydrogens (tertiary/aromatic N) is 1. The number of nitrogens with two attached hydrogens (primary N) is 1. The molecule has 0 amide bonds. The number of anilines is 1. The zero-order chi connectivity index (χ0) is 13.3. The molecule has 0 saturated carbocycles. The second-order valence-electron chi connectivity index (χ2n) is 4.22. The molecule has 1 atom stereocenters. The van der Waals surface area contributed by atoms with E-state index < -0.39 is 15.8 Å². The smallest absolute Gasteiger partial charge is 0.245 e. The van der Waals surface area contributed by atoms with Crippen LogP contribution in [0, 0.1) is 5.82 Å². The van der Waals surface area contributed by atoms with Gasteiger partial charge in [-0.15, -0.1) is 0 Å². The summed E-state index contributed by atoms with van der Waals surface area (Å²) < 4.78 is 44.4. The lowest BCUT2D eigenvalue weighted by Crippen LogP contribution is -2.47. The molecule has 1 aliphatic rings. The topological polar surface area (TPSA) is 72.6 Å². The van der Waals surface area contributed by atoms with Crippen LogP contribution in [0.1, 0.15) is 6.92 Å². The number of hydrogen-bond donors (Lipinski definition) is 1. The molecule has 0 radical (unpaired) electrons. The van der Waals surface area contributed by atoms with Gasteiger partial charge in [-0.05, 0) is 25.1 Å². The quantitative estimate of drug-likeness (QED) is 0.810. The minimum absolute atomic E-state index is 0.0510. The van der Waals surface area contributed by atoms with Gasteiger partial charge in [0.15, 0.2) is 0 Å². The molecule has 2 rings (SSSR count). The van der Waals surface area contributed by atoms with Crippen LogP contribution >= 0.6 is 0 Å². The summed E-state index contributed by atoms with van der Waals surface area (Å²) in [6.07, 6.45) is 0. The van der Waals surface area contributed by atoms with Crippen LogP contribution < -0.4 is 5.73 Å². The van der Waals surface area contributed by atoms with Gasteiger partial charge in [0.2, 0.25) is 10.0 Å². The number of ether oxygens (including phenoxy) is 1. The number of rotatable bonds is 2. The van der Waals surface area contributed by atoms with E-state index in [1.807, 2.05) is 0 Å². The van der Waals surface area contributed by atoms with E-state index in [1.54, 1.807) is 6.92 Å². The predicted molar refractivity (Wildman–Crippen MR) is 65.0 cm³/mol. The monoisotopic (exact) mass is 274 g/mol. The maximum absolute atomic E-state index is 13.2. The van der Waals surface area contributed by atoms with Gasteiger partial charge in [-0.3, -0.25) is 0 Å². The van der Waals surface area contributed by atoms with Crippen LogP contribution in [-0.4, -0.2) is 38.5 Å². The molecule has 0 bridgehead atoms. The summed E-state index contributed by atoms with van der Waals surface area (Å²) in [5, 5.41) is 0. The largest absolute Gasteiger partial charge is 0.398 e. The summed E-state index contributed by atoms with van der Waals surface area (Å²) in [7, 11) is -3.78. The summed E-state index contributed by atoms with van der Waals surface area (Å²) in [5.41, 5.74) is 5.67.